The average molecular weight is 485 g/mol. The number of epoxide rings is 1. The Hall–Kier alpha value is -1.28. The summed E-state index contributed by atoms with van der Waals surface area (Å²) in [4.78, 5) is 25.1. The zero-order chi connectivity index (χ0) is 26.6. The van der Waals surface area contributed by atoms with Crippen molar-refractivity contribution in [1.82, 2.24) is 0 Å². The molecule has 1 aliphatic rings. The number of carbonyl (C=O) groups excluding carboxylic acids is 2. The number of aliphatic hydroxyl groups is 2. The Morgan fingerprint density at radius 2 is 1.68 bits per heavy atom. The molecule has 34 heavy (non-hydrogen) atoms. The molecule has 7 heteroatoms. The molecule has 9 atom stereocenters. The molecule has 0 saturated carbocycles. The molecule has 0 bridgehead atoms. The Balaban J connectivity index is 2.86. The van der Waals surface area contributed by atoms with Gasteiger partial charge in [-0.2, -0.15) is 0 Å². The van der Waals surface area contributed by atoms with Crippen LogP contribution in [-0.4, -0.2) is 66.2 Å². The lowest BCUT2D eigenvalue weighted by Gasteiger charge is -2.39. The average Bonchev–Trinajstić information content (AvgIpc) is 3.44. The molecule has 7 nitrogen and oxygen atoms in total. The highest BCUT2D eigenvalue weighted by molar-refractivity contribution is 5.86. The number of allylic oxidation sites excluding steroid dienone is 1. The molecular weight excluding hydrogens is 436 g/mol. The fourth-order valence-corrected chi connectivity index (χ4v) is 5.66. The SMILES string of the molecule is COC(=O)C[C@@H](O)[C@H](C)[C@@H](OC)C(C)(C)C(=O)[C@@H](C)C[C@H](C)[C@H](O)[C@]1(C)O[C@H]1[C@@H](C)C=C(C)C. The first-order valence-corrected chi connectivity index (χ1v) is 12.4. The molecule has 0 amide bonds. The summed E-state index contributed by atoms with van der Waals surface area (Å²) >= 11 is 0. The van der Waals surface area contributed by atoms with Crippen LogP contribution in [-0.2, 0) is 23.8 Å². The van der Waals surface area contributed by atoms with Crippen LogP contribution >= 0.6 is 0 Å². The first-order chi connectivity index (χ1) is 15.5. The van der Waals surface area contributed by atoms with Crippen LogP contribution in [0.3, 0.4) is 0 Å². The minimum atomic E-state index is -0.993. The minimum Gasteiger partial charge on any atom is -0.469 e. The monoisotopic (exact) mass is 484 g/mol. The molecule has 1 heterocycles. The Morgan fingerprint density at radius 1 is 1.12 bits per heavy atom. The van der Waals surface area contributed by atoms with Crippen molar-refractivity contribution in [1.29, 1.82) is 0 Å². The van der Waals surface area contributed by atoms with Crippen LogP contribution in [0.4, 0.5) is 0 Å². The number of Topliss-reactive ketones (excluding diaryl/α,β-unsaturated/α-hetero) is 1. The van der Waals surface area contributed by atoms with Crippen LogP contribution < -0.4 is 0 Å². The molecule has 2 N–H and O–H groups in total. The van der Waals surface area contributed by atoms with Crippen molar-refractivity contribution in [2.45, 2.75) is 105 Å². The standard InChI is InChI=1S/C27H48O7/c1-15(2)12-18(5)24-27(9,34-24)23(31)17(4)13-16(3)22(30)26(7,8)25(33-11)19(6)20(28)14-21(29)32-10/h12,16-20,23-25,28,31H,13-14H2,1-11H3/t16-,17-,18-,19-,20+,23-,24-,25+,27-/m0/s1. The van der Waals surface area contributed by atoms with Gasteiger partial charge >= 0.3 is 5.97 Å². The van der Waals surface area contributed by atoms with Crippen molar-refractivity contribution < 1.29 is 34.0 Å². The number of esters is 1. The maximum atomic E-state index is 13.5. The maximum absolute atomic E-state index is 13.5. The highest BCUT2D eigenvalue weighted by atomic mass is 16.6. The molecule has 0 spiro atoms. The van der Waals surface area contributed by atoms with Gasteiger partial charge in [-0.1, -0.05) is 53.2 Å². The summed E-state index contributed by atoms with van der Waals surface area (Å²) in [5.74, 6) is -1.26. The van der Waals surface area contributed by atoms with Crippen LogP contribution in [0.5, 0.6) is 0 Å². The summed E-state index contributed by atoms with van der Waals surface area (Å²) in [6.45, 7) is 17.3. The number of hydrogen-bond donors (Lipinski definition) is 2. The number of aliphatic hydroxyl groups excluding tert-OH is 2. The minimum absolute atomic E-state index is 0.00755. The van der Waals surface area contributed by atoms with Crippen molar-refractivity contribution in [3.05, 3.63) is 11.6 Å². The number of ether oxygens (including phenoxy) is 3. The van der Waals surface area contributed by atoms with Gasteiger partial charge in [-0.15, -0.1) is 0 Å². The van der Waals surface area contributed by atoms with E-state index in [-0.39, 0.29) is 36.1 Å². The molecule has 1 aliphatic heterocycles. The molecule has 1 fully saturated rings. The second kappa shape index (κ2) is 12.1. The van der Waals surface area contributed by atoms with Crippen LogP contribution in [0.1, 0.15) is 75.2 Å². The fraction of sp³-hybridized carbons (Fsp3) is 0.852. The second-order valence-electron chi connectivity index (χ2n) is 11.3. The Labute approximate surface area is 206 Å². The number of methoxy groups -OCH3 is 2. The summed E-state index contributed by atoms with van der Waals surface area (Å²) in [5.41, 5.74) is -0.312. The molecule has 0 aliphatic carbocycles. The van der Waals surface area contributed by atoms with Crippen molar-refractivity contribution >= 4 is 11.8 Å². The van der Waals surface area contributed by atoms with Crippen molar-refractivity contribution in [2.75, 3.05) is 14.2 Å². The van der Waals surface area contributed by atoms with E-state index in [1.54, 1.807) is 6.92 Å². The number of hydrogen-bond acceptors (Lipinski definition) is 7. The first-order valence-electron chi connectivity index (χ1n) is 12.4. The third-order valence-electron chi connectivity index (χ3n) is 7.55. The smallest absolute Gasteiger partial charge is 0.308 e. The van der Waals surface area contributed by atoms with Gasteiger partial charge in [-0.25, -0.2) is 0 Å². The summed E-state index contributed by atoms with van der Waals surface area (Å²) < 4.78 is 16.3. The Morgan fingerprint density at radius 3 is 2.15 bits per heavy atom. The molecular formula is C27H48O7. The van der Waals surface area contributed by atoms with Crippen molar-refractivity contribution in [3.8, 4) is 0 Å². The van der Waals surface area contributed by atoms with E-state index in [1.165, 1.54) is 19.8 Å². The third-order valence-corrected chi connectivity index (χ3v) is 7.55. The van der Waals surface area contributed by atoms with Crippen molar-refractivity contribution in [3.63, 3.8) is 0 Å². The topological polar surface area (TPSA) is 106 Å². The molecule has 0 radical (unpaired) electrons. The van der Waals surface area contributed by atoms with Crippen LogP contribution in [0.25, 0.3) is 0 Å². The zero-order valence-corrected chi connectivity index (χ0v) is 23.0. The lowest BCUT2D eigenvalue weighted by Crippen LogP contribution is -2.48. The molecule has 1 saturated heterocycles. The second-order valence-corrected chi connectivity index (χ2v) is 11.3. The van der Waals surface area contributed by atoms with E-state index >= 15 is 0 Å². The van der Waals surface area contributed by atoms with Crippen LogP contribution in [0.15, 0.2) is 11.6 Å². The van der Waals surface area contributed by atoms with E-state index in [2.05, 4.69) is 17.7 Å². The van der Waals surface area contributed by atoms with E-state index in [4.69, 9.17) is 9.47 Å². The highest BCUT2D eigenvalue weighted by Crippen LogP contribution is 2.47. The third kappa shape index (κ3) is 7.12. The van der Waals surface area contributed by atoms with E-state index < -0.39 is 41.2 Å². The molecule has 198 valence electrons. The van der Waals surface area contributed by atoms with Gasteiger partial charge in [0.1, 0.15) is 11.4 Å². The first kappa shape index (κ1) is 30.8. The van der Waals surface area contributed by atoms with Gasteiger partial charge in [0.2, 0.25) is 0 Å². The van der Waals surface area contributed by atoms with E-state index in [1.807, 2.05) is 48.5 Å². The van der Waals surface area contributed by atoms with E-state index in [0.29, 0.717) is 6.42 Å². The number of carbonyl (C=O) groups is 2. The van der Waals surface area contributed by atoms with Gasteiger partial charge in [0.15, 0.2) is 0 Å². The summed E-state index contributed by atoms with van der Waals surface area (Å²) in [7, 11) is 2.78. The molecule has 0 aromatic heterocycles. The molecule has 0 aromatic rings. The predicted molar refractivity (Wildman–Crippen MR) is 132 cm³/mol. The highest BCUT2D eigenvalue weighted by Gasteiger charge is 2.60. The lowest BCUT2D eigenvalue weighted by atomic mass is 9.70. The Bertz CT molecular complexity index is 726. The van der Waals surface area contributed by atoms with Gasteiger partial charge in [0.25, 0.3) is 0 Å². The summed E-state index contributed by atoms with van der Waals surface area (Å²) in [6.07, 6.45) is 0.170. The molecule has 0 unspecified atom stereocenters. The van der Waals surface area contributed by atoms with Gasteiger partial charge in [-0.3, -0.25) is 9.59 Å². The maximum Gasteiger partial charge on any atom is 0.308 e. The normalized spacial score (nSPS) is 26.4. The van der Waals surface area contributed by atoms with Gasteiger partial charge in [0, 0.05) is 24.9 Å². The van der Waals surface area contributed by atoms with E-state index in [9.17, 15) is 19.8 Å². The predicted octanol–water partition coefficient (Wildman–Crippen LogP) is 3.94. The largest absolute Gasteiger partial charge is 0.469 e. The number of ketones is 1. The lowest BCUT2D eigenvalue weighted by molar-refractivity contribution is -0.149. The zero-order valence-electron chi connectivity index (χ0n) is 23.0. The van der Waals surface area contributed by atoms with Gasteiger partial charge < -0.3 is 24.4 Å². The van der Waals surface area contributed by atoms with Crippen molar-refractivity contribution in [2.24, 2.45) is 29.1 Å². The van der Waals surface area contributed by atoms with Gasteiger partial charge in [-0.05, 0) is 33.1 Å². The Kier molecular flexibility index (Phi) is 11.0. The van der Waals surface area contributed by atoms with Crippen LogP contribution in [0.2, 0.25) is 0 Å². The van der Waals surface area contributed by atoms with Crippen LogP contribution in [0, 0.1) is 29.1 Å². The van der Waals surface area contributed by atoms with Gasteiger partial charge in [0.05, 0.1) is 43.4 Å². The summed E-state index contributed by atoms with van der Waals surface area (Å²) in [5, 5.41) is 21.6. The number of rotatable bonds is 14. The molecule has 1 rings (SSSR count). The molecule has 0 aromatic carbocycles. The van der Waals surface area contributed by atoms with E-state index in [0.717, 1.165) is 0 Å². The fourth-order valence-electron chi connectivity index (χ4n) is 5.66. The quantitative estimate of drug-likeness (QED) is 0.218. The summed E-state index contributed by atoms with van der Waals surface area (Å²) in [6, 6.07) is 0.